The quantitative estimate of drug-likeness (QED) is 0.562. The predicted molar refractivity (Wildman–Crippen MR) is 116 cm³/mol. The molecule has 7 heteroatoms. The van der Waals surface area contributed by atoms with E-state index in [0.717, 1.165) is 5.56 Å². The van der Waals surface area contributed by atoms with Gasteiger partial charge < -0.3 is 9.64 Å². The van der Waals surface area contributed by atoms with Gasteiger partial charge >= 0.3 is 0 Å². The topological polar surface area (TPSA) is 58.6 Å². The maximum atomic E-state index is 12.9. The average Bonchev–Trinajstić information content (AvgIpc) is 2.69. The second-order valence-electron chi connectivity index (χ2n) is 6.87. The highest BCUT2D eigenvalue weighted by Crippen LogP contribution is 2.24. The van der Waals surface area contributed by atoms with Crippen molar-refractivity contribution in [2.75, 3.05) is 20.6 Å². The SMILES string of the molecule is CN(C)CC(NS(=O)(=O)c1ccc(Oc2ccccc2)cc1)c1ccc(Cl)cc1. The summed E-state index contributed by atoms with van der Waals surface area (Å²) in [7, 11) is 0.0733. The highest BCUT2D eigenvalue weighted by molar-refractivity contribution is 7.89. The Labute approximate surface area is 176 Å². The minimum Gasteiger partial charge on any atom is -0.457 e. The second kappa shape index (κ2) is 9.41. The molecule has 3 aromatic carbocycles. The summed E-state index contributed by atoms with van der Waals surface area (Å²) in [6.45, 7) is 0.510. The molecular weight excluding hydrogens is 408 g/mol. The summed E-state index contributed by atoms with van der Waals surface area (Å²) in [6, 6.07) is 22.4. The third-order valence-corrected chi connectivity index (χ3v) is 5.97. The molecule has 5 nitrogen and oxygen atoms in total. The summed E-state index contributed by atoms with van der Waals surface area (Å²) in [5, 5.41) is 0.606. The highest BCUT2D eigenvalue weighted by atomic mass is 35.5. The molecule has 3 aromatic rings. The zero-order valence-corrected chi connectivity index (χ0v) is 17.8. The Kier molecular flexibility index (Phi) is 6.92. The zero-order valence-electron chi connectivity index (χ0n) is 16.2. The molecular formula is C22H23ClN2O3S. The second-order valence-corrected chi connectivity index (χ2v) is 9.02. The number of halogens is 1. The summed E-state index contributed by atoms with van der Waals surface area (Å²) in [5.74, 6) is 1.26. The van der Waals surface area contributed by atoms with Crippen LogP contribution in [0.5, 0.6) is 11.5 Å². The molecule has 0 aliphatic heterocycles. The molecule has 3 rings (SSSR count). The van der Waals surface area contributed by atoms with Crippen LogP contribution in [0.25, 0.3) is 0 Å². The Bertz CT molecular complexity index is 1020. The van der Waals surface area contributed by atoms with Crippen LogP contribution in [0, 0.1) is 0 Å². The minimum atomic E-state index is -3.72. The van der Waals surface area contributed by atoms with Crippen molar-refractivity contribution in [2.24, 2.45) is 0 Å². The summed E-state index contributed by atoms with van der Waals surface area (Å²) in [4.78, 5) is 2.11. The van der Waals surface area contributed by atoms with Crippen molar-refractivity contribution in [1.29, 1.82) is 0 Å². The number of benzene rings is 3. The fourth-order valence-electron chi connectivity index (χ4n) is 2.84. The lowest BCUT2D eigenvalue weighted by atomic mass is 10.1. The van der Waals surface area contributed by atoms with E-state index in [1.807, 2.05) is 61.5 Å². The Balaban J connectivity index is 1.78. The summed E-state index contributed by atoms with van der Waals surface area (Å²) in [5.41, 5.74) is 0.843. The number of nitrogens with zero attached hydrogens (tertiary/aromatic N) is 1. The summed E-state index contributed by atoms with van der Waals surface area (Å²) in [6.07, 6.45) is 0. The standard InChI is InChI=1S/C22H23ClN2O3S/c1-25(2)16-22(17-8-10-18(23)11-9-17)24-29(26,27)21-14-12-20(13-15-21)28-19-6-4-3-5-7-19/h3-15,22,24H,16H2,1-2H3. The molecule has 0 fully saturated rings. The molecule has 0 amide bonds. The van der Waals surface area contributed by atoms with Gasteiger partial charge in [0, 0.05) is 11.6 Å². The molecule has 0 bridgehead atoms. The monoisotopic (exact) mass is 430 g/mol. The fraction of sp³-hybridized carbons (Fsp3) is 0.182. The van der Waals surface area contributed by atoms with E-state index in [1.165, 1.54) is 12.1 Å². The van der Waals surface area contributed by atoms with Gasteiger partial charge in [0.15, 0.2) is 0 Å². The van der Waals surface area contributed by atoms with Gasteiger partial charge in [-0.15, -0.1) is 0 Å². The lowest BCUT2D eigenvalue weighted by Gasteiger charge is -2.23. The van der Waals surface area contributed by atoms with Gasteiger partial charge in [0.05, 0.1) is 10.9 Å². The molecule has 152 valence electrons. The van der Waals surface area contributed by atoms with E-state index in [-0.39, 0.29) is 4.90 Å². The molecule has 0 saturated heterocycles. The van der Waals surface area contributed by atoms with Crippen LogP contribution in [-0.4, -0.2) is 34.0 Å². The van der Waals surface area contributed by atoms with Crippen LogP contribution in [0.2, 0.25) is 5.02 Å². The van der Waals surface area contributed by atoms with E-state index in [1.54, 1.807) is 24.3 Å². The average molecular weight is 431 g/mol. The van der Waals surface area contributed by atoms with E-state index < -0.39 is 16.1 Å². The van der Waals surface area contributed by atoms with E-state index in [2.05, 4.69) is 4.72 Å². The van der Waals surface area contributed by atoms with Crippen molar-refractivity contribution in [3.63, 3.8) is 0 Å². The van der Waals surface area contributed by atoms with Crippen molar-refractivity contribution in [2.45, 2.75) is 10.9 Å². The first kappa shape index (κ1) is 21.3. The molecule has 0 aliphatic carbocycles. The van der Waals surface area contributed by atoms with Gasteiger partial charge in [-0.05, 0) is 68.2 Å². The number of nitrogens with one attached hydrogen (secondary N) is 1. The molecule has 29 heavy (non-hydrogen) atoms. The van der Waals surface area contributed by atoms with Gasteiger partial charge in [-0.1, -0.05) is 41.9 Å². The van der Waals surface area contributed by atoms with Gasteiger partial charge in [-0.3, -0.25) is 0 Å². The number of likely N-dealkylation sites (N-methyl/N-ethyl adjacent to an activating group) is 1. The Morgan fingerprint density at radius 2 is 1.48 bits per heavy atom. The van der Waals surface area contributed by atoms with Crippen LogP contribution in [0.3, 0.4) is 0 Å². The predicted octanol–water partition coefficient (Wildman–Crippen LogP) is 4.71. The molecule has 1 N–H and O–H groups in total. The first-order chi connectivity index (χ1) is 13.8. The molecule has 0 spiro atoms. The van der Waals surface area contributed by atoms with Crippen molar-refractivity contribution in [1.82, 2.24) is 9.62 Å². The Morgan fingerprint density at radius 1 is 0.897 bits per heavy atom. The third kappa shape index (κ3) is 6.05. The fourth-order valence-corrected chi connectivity index (χ4v) is 4.18. The molecule has 0 radical (unpaired) electrons. The van der Waals surface area contributed by atoms with Gasteiger partial charge in [-0.2, -0.15) is 0 Å². The molecule has 0 aliphatic rings. The van der Waals surface area contributed by atoms with E-state index in [4.69, 9.17) is 16.3 Å². The highest BCUT2D eigenvalue weighted by Gasteiger charge is 2.22. The van der Waals surface area contributed by atoms with Crippen LogP contribution in [0.15, 0.2) is 83.8 Å². The number of para-hydroxylation sites is 1. The maximum Gasteiger partial charge on any atom is 0.241 e. The van der Waals surface area contributed by atoms with Crippen LogP contribution in [-0.2, 0) is 10.0 Å². The Hall–Kier alpha value is -2.38. The molecule has 1 atom stereocenters. The van der Waals surface area contributed by atoms with Crippen LogP contribution < -0.4 is 9.46 Å². The van der Waals surface area contributed by atoms with Gasteiger partial charge in [0.25, 0.3) is 0 Å². The van der Waals surface area contributed by atoms with E-state index in [9.17, 15) is 8.42 Å². The van der Waals surface area contributed by atoms with Crippen molar-refractivity contribution < 1.29 is 13.2 Å². The molecule has 1 unspecified atom stereocenters. The van der Waals surface area contributed by atoms with Crippen molar-refractivity contribution >= 4 is 21.6 Å². The van der Waals surface area contributed by atoms with Gasteiger partial charge in [0.2, 0.25) is 10.0 Å². The lowest BCUT2D eigenvalue weighted by Crippen LogP contribution is -2.35. The summed E-state index contributed by atoms with van der Waals surface area (Å²) < 4.78 is 34.4. The molecule has 0 aromatic heterocycles. The van der Waals surface area contributed by atoms with Crippen LogP contribution in [0.4, 0.5) is 0 Å². The van der Waals surface area contributed by atoms with Crippen LogP contribution in [0.1, 0.15) is 11.6 Å². The van der Waals surface area contributed by atoms with Crippen molar-refractivity contribution in [3.8, 4) is 11.5 Å². The number of hydrogen-bond acceptors (Lipinski definition) is 4. The molecule has 0 saturated carbocycles. The first-order valence-corrected chi connectivity index (χ1v) is 10.9. The van der Waals surface area contributed by atoms with Crippen LogP contribution >= 0.6 is 11.6 Å². The van der Waals surface area contributed by atoms with E-state index >= 15 is 0 Å². The lowest BCUT2D eigenvalue weighted by molar-refractivity contribution is 0.363. The number of ether oxygens (including phenoxy) is 1. The minimum absolute atomic E-state index is 0.177. The largest absolute Gasteiger partial charge is 0.457 e. The molecule has 0 heterocycles. The van der Waals surface area contributed by atoms with Gasteiger partial charge in [-0.25, -0.2) is 13.1 Å². The number of hydrogen-bond donors (Lipinski definition) is 1. The zero-order chi connectivity index (χ0) is 20.9. The number of rotatable bonds is 8. The first-order valence-electron chi connectivity index (χ1n) is 9.09. The van der Waals surface area contributed by atoms with Gasteiger partial charge in [0.1, 0.15) is 11.5 Å². The van der Waals surface area contributed by atoms with E-state index in [0.29, 0.717) is 23.1 Å². The summed E-state index contributed by atoms with van der Waals surface area (Å²) >= 11 is 5.96. The van der Waals surface area contributed by atoms with Crippen molar-refractivity contribution in [3.05, 3.63) is 89.4 Å². The maximum absolute atomic E-state index is 12.9. The smallest absolute Gasteiger partial charge is 0.241 e. The third-order valence-electron chi connectivity index (χ3n) is 4.23. The number of sulfonamides is 1. The normalized spacial score (nSPS) is 12.7. The Morgan fingerprint density at radius 3 is 2.07 bits per heavy atom.